The van der Waals surface area contributed by atoms with E-state index >= 15 is 0 Å². The number of para-hydroxylation sites is 1. The molecule has 0 saturated heterocycles. The molecule has 0 aliphatic heterocycles. The predicted octanol–water partition coefficient (Wildman–Crippen LogP) is 4.18. The van der Waals surface area contributed by atoms with E-state index < -0.39 is 0 Å². The molecule has 21 heavy (non-hydrogen) atoms. The highest BCUT2D eigenvalue weighted by Crippen LogP contribution is 2.17. The highest BCUT2D eigenvalue weighted by atomic mass is 15.1. The minimum absolute atomic E-state index is 0.972. The zero-order valence-corrected chi connectivity index (χ0v) is 13.2. The summed E-state index contributed by atoms with van der Waals surface area (Å²) < 4.78 is 0. The van der Waals surface area contributed by atoms with Crippen molar-refractivity contribution in [3.8, 4) is 0 Å². The van der Waals surface area contributed by atoms with Crippen LogP contribution in [-0.2, 0) is 13.0 Å². The van der Waals surface area contributed by atoms with Gasteiger partial charge in [0.05, 0.1) is 0 Å². The highest BCUT2D eigenvalue weighted by Gasteiger charge is 2.05. The summed E-state index contributed by atoms with van der Waals surface area (Å²) in [5.74, 6) is 0. The van der Waals surface area contributed by atoms with Crippen molar-refractivity contribution in [3.05, 3.63) is 65.7 Å². The van der Waals surface area contributed by atoms with Crippen LogP contribution >= 0.6 is 0 Å². The molecule has 0 heterocycles. The van der Waals surface area contributed by atoms with Gasteiger partial charge in [0.25, 0.3) is 0 Å². The molecule has 2 rings (SSSR count). The van der Waals surface area contributed by atoms with Crippen LogP contribution in [0.25, 0.3) is 0 Å². The van der Waals surface area contributed by atoms with Crippen LogP contribution in [0.15, 0.2) is 54.6 Å². The van der Waals surface area contributed by atoms with Crippen LogP contribution in [0.1, 0.15) is 25.0 Å². The van der Waals surface area contributed by atoms with Gasteiger partial charge in [-0.05, 0) is 36.7 Å². The third-order valence-corrected chi connectivity index (χ3v) is 3.88. The fraction of sp³-hybridized carbons (Fsp3) is 0.368. The molecular weight excluding hydrogens is 256 g/mol. The maximum Gasteiger partial charge on any atom is 0.0385 e. The van der Waals surface area contributed by atoms with Gasteiger partial charge in [-0.2, -0.15) is 0 Å². The van der Waals surface area contributed by atoms with Crippen molar-refractivity contribution in [2.45, 2.75) is 26.8 Å². The zero-order valence-electron chi connectivity index (χ0n) is 13.2. The summed E-state index contributed by atoms with van der Waals surface area (Å²) >= 11 is 0. The van der Waals surface area contributed by atoms with E-state index in [4.69, 9.17) is 0 Å². The molecule has 112 valence electrons. The molecule has 0 saturated carbocycles. The quantitative estimate of drug-likeness (QED) is 0.781. The van der Waals surface area contributed by atoms with Crippen LogP contribution in [0.4, 0.5) is 5.69 Å². The number of anilines is 1. The van der Waals surface area contributed by atoms with Gasteiger partial charge in [-0.3, -0.25) is 4.90 Å². The lowest BCUT2D eigenvalue weighted by Gasteiger charge is -2.20. The average molecular weight is 282 g/mol. The SMILES string of the molecule is CCN(CC)Cc1ccccc1NCCc1ccccc1. The number of rotatable bonds is 8. The summed E-state index contributed by atoms with van der Waals surface area (Å²) in [5.41, 5.74) is 4.03. The Balaban J connectivity index is 1.93. The molecular formula is C19H26N2. The van der Waals surface area contributed by atoms with Crippen molar-refractivity contribution in [3.63, 3.8) is 0 Å². The molecule has 0 atom stereocenters. The van der Waals surface area contributed by atoms with Gasteiger partial charge in [-0.1, -0.05) is 62.4 Å². The third kappa shape index (κ3) is 4.91. The average Bonchev–Trinajstić information content (AvgIpc) is 2.55. The molecule has 0 radical (unpaired) electrons. The number of hydrogen-bond donors (Lipinski definition) is 1. The van der Waals surface area contributed by atoms with Crippen LogP contribution in [-0.4, -0.2) is 24.5 Å². The Kier molecular flexibility index (Phi) is 6.29. The fourth-order valence-corrected chi connectivity index (χ4v) is 2.50. The Labute approximate surface area is 128 Å². The summed E-state index contributed by atoms with van der Waals surface area (Å²) in [6, 6.07) is 19.3. The summed E-state index contributed by atoms with van der Waals surface area (Å²) in [6.45, 7) is 8.61. The molecule has 0 unspecified atom stereocenters. The molecule has 0 aliphatic rings. The summed E-state index contributed by atoms with van der Waals surface area (Å²) in [6.07, 6.45) is 1.06. The molecule has 0 aromatic heterocycles. The van der Waals surface area contributed by atoms with Crippen LogP contribution in [0, 0.1) is 0 Å². The van der Waals surface area contributed by atoms with Crippen molar-refractivity contribution in [1.82, 2.24) is 4.90 Å². The molecule has 2 aromatic carbocycles. The highest BCUT2D eigenvalue weighted by molar-refractivity contribution is 5.51. The Hall–Kier alpha value is -1.80. The van der Waals surface area contributed by atoms with Gasteiger partial charge in [0.15, 0.2) is 0 Å². The second kappa shape index (κ2) is 8.48. The largest absolute Gasteiger partial charge is 0.384 e. The van der Waals surface area contributed by atoms with Gasteiger partial charge in [0, 0.05) is 18.8 Å². The molecule has 2 nitrogen and oxygen atoms in total. The first-order valence-electron chi connectivity index (χ1n) is 7.91. The van der Waals surface area contributed by atoms with E-state index in [9.17, 15) is 0 Å². The van der Waals surface area contributed by atoms with Gasteiger partial charge in [-0.15, -0.1) is 0 Å². The molecule has 2 heteroatoms. The van der Waals surface area contributed by atoms with Crippen LogP contribution in [0.2, 0.25) is 0 Å². The van der Waals surface area contributed by atoms with E-state index in [-0.39, 0.29) is 0 Å². The molecule has 2 aromatic rings. The molecule has 0 fully saturated rings. The van der Waals surface area contributed by atoms with E-state index in [1.54, 1.807) is 0 Å². The standard InChI is InChI=1S/C19H26N2/c1-3-21(4-2)16-18-12-8-9-13-19(18)20-15-14-17-10-6-5-7-11-17/h5-13,20H,3-4,14-16H2,1-2H3. The van der Waals surface area contributed by atoms with E-state index in [2.05, 4.69) is 78.7 Å². The lowest BCUT2D eigenvalue weighted by atomic mass is 10.1. The minimum Gasteiger partial charge on any atom is -0.384 e. The van der Waals surface area contributed by atoms with Gasteiger partial charge in [-0.25, -0.2) is 0 Å². The Morgan fingerprint density at radius 3 is 2.24 bits per heavy atom. The first-order valence-corrected chi connectivity index (χ1v) is 7.91. The first-order chi connectivity index (χ1) is 10.3. The van der Waals surface area contributed by atoms with Crippen LogP contribution in [0.5, 0.6) is 0 Å². The fourth-order valence-electron chi connectivity index (χ4n) is 2.50. The molecule has 0 bridgehead atoms. The van der Waals surface area contributed by atoms with E-state index in [0.717, 1.165) is 32.6 Å². The monoisotopic (exact) mass is 282 g/mol. The number of nitrogens with one attached hydrogen (secondary N) is 1. The summed E-state index contributed by atoms with van der Waals surface area (Å²) in [5, 5.41) is 3.59. The van der Waals surface area contributed by atoms with Crippen molar-refractivity contribution in [2.24, 2.45) is 0 Å². The summed E-state index contributed by atoms with van der Waals surface area (Å²) in [4.78, 5) is 2.44. The topological polar surface area (TPSA) is 15.3 Å². The van der Waals surface area contributed by atoms with E-state index in [1.165, 1.54) is 16.8 Å². The number of nitrogens with zero attached hydrogens (tertiary/aromatic N) is 1. The second-order valence-electron chi connectivity index (χ2n) is 5.28. The van der Waals surface area contributed by atoms with Crippen molar-refractivity contribution in [2.75, 3.05) is 25.0 Å². The second-order valence-corrected chi connectivity index (χ2v) is 5.28. The number of hydrogen-bond acceptors (Lipinski definition) is 2. The predicted molar refractivity (Wildman–Crippen MR) is 91.7 cm³/mol. The summed E-state index contributed by atoms with van der Waals surface area (Å²) in [7, 11) is 0. The smallest absolute Gasteiger partial charge is 0.0385 e. The van der Waals surface area contributed by atoms with Crippen LogP contribution in [0.3, 0.4) is 0 Å². The van der Waals surface area contributed by atoms with Crippen molar-refractivity contribution in [1.29, 1.82) is 0 Å². The third-order valence-electron chi connectivity index (χ3n) is 3.88. The normalized spacial score (nSPS) is 10.8. The van der Waals surface area contributed by atoms with Gasteiger partial charge in [0.1, 0.15) is 0 Å². The van der Waals surface area contributed by atoms with Gasteiger partial charge >= 0.3 is 0 Å². The van der Waals surface area contributed by atoms with Crippen LogP contribution < -0.4 is 5.32 Å². The first kappa shape index (κ1) is 15.6. The van der Waals surface area contributed by atoms with E-state index in [1.807, 2.05) is 0 Å². The Bertz CT molecular complexity index is 518. The lowest BCUT2D eigenvalue weighted by Crippen LogP contribution is -2.23. The van der Waals surface area contributed by atoms with Crippen molar-refractivity contribution < 1.29 is 0 Å². The maximum absolute atomic E-state index is 3.59. The molecule has 0 aliphatic carbocycles. The molecule has 0 spiro atoms. The number of benzene rings is 2. The Morgan fingerprint density at radius 2 is 1.52 bits per heavy atom. The van der Waals surface area contributed by atoms with Gasteiger partial charge < -0.3 is 5.32 Å². The molecule has 0 amide bonds. The maximum atomic E-state index is 3.59. The van der Waals surface area contributed by atoms with Crippen molar-refractivity contribution >= 4 is 5.69 Å². The lowest BCUT2D eigenvalue weighted by molar-refractivity contribution is 0.296. The van der Waals surface area contributed by atoms with E-state index in [0.29, 0.717) is 0 Å². The zero-order chi connectivity index (χ0) is 14.9. The molecule has 1 N–H and O–H groups in total. The van der Waals surface area contributed by atoms with Gasteiger partial charge in [0.2, 0.25) is 0 Å². The Morgan fingerprint density at radius 1 is 0.857 bits per heavy atom. The minimum atomic E-state index is 0.972.